The molecule has 1 rings (SSSR count). The molecule has 0 fully saturated rings. The molecule has 0 bridgehead atoms. The number of carboxylic acids is 1. The molecule has 6 heteroatoms. The lowest BCUT2D eigenvalue weighted by Crippen LogP contribution is -2.06. The third-order valence-corrected chi connectivity index (χ3v) is 2.10. The number of halogens is 1. The second-order valence-electron chi connectivity index (χ2n) is 3.16. The van der Waals surface area contributed by atoms with Gasteiger partial charge < -0.3 is 14.6 Å². The van der Waals surface area contributed by atoms with Gasteiger partial charge in [0.2, 0.25) is 0 Å². The molecule has 0 saturated heterocycles. The number of benzene rings is 1. The van der Waals surface area contributed by atoms with Crippen LogP contribution in [0, 0.1) is 0 Å². The predicted molar refractivity (Wildman–Crippen MR) is 60.5 cm³/mol. The van der Waals surface area contributed by atoms with Crippen molar-refractivity contribution in [1.29, 1.82) is 0 Å². The van der Waals surface area contributed by atoms with Crippen LogP contribution in [0.3, 0.4) is 0 Å². The van der Waals surface area contributed by atoms with Crippen molar-refractivity contribution < 1.29 is 24.2 Å². The van der Waals surface area contributed by atoms with Crippen molar-refractivity contribution in [3.63, 3.8) is 0 Å². The Balaban J connectivity index is 2.75. The van der Waals surface area contributed by atoms with Crippen LogP contribution in [0.25, 0.3) is 0 Å². The van der Waals surface area contributed by atoms with E-state index in [1.807, 2.05) is 0 Å². The smallest absolute Gasteiger partial charge is 0.338 e. The fourth-order valence-corrected chi connectivity index (χ4v) is 1.36. The number of hydrogen-bond acceptors (Lipinski definition) is 4. The van der Waals surface area contributed by atoms with Crippen LogP contribution < -0.4 is 4.74 Å². The van der Waals surface area contributed by atoms with E-state index in [1.54, 1.807) is 0 Å². The molecule has 0 aliphatic carbocycles. The molecule has 0 saturated carbocycles. The highest BCUT2D eigenvalue weighted by Gasteiger charge is 2.09. The molecule has 0 radical (unpaired) electrons. The summed E-state index contributed by atoms with van der Waals surface area (Å²) in [6.07, 6.45) is -0.125. The monoisotopic (exact) mass is 258 g/mol. The number of aliphatic carboxylic acids is 1. The Hall–Kier alpha value is -1.75. The maximum atomic E-state index is 11.3. The molecule has 5 nitrogen and oxygen atoms in total. The van der Waals surface area contributed by atoms with Gasteiger partial charge in [-0.25, -0.2) is 4.79 Å². The third-order valence-electron chi connectivity index (χ3n) is 1.88. The zero-order valence-corrected chi connectivity index (χ0v) is 9.86. The van der Waals surface area contributed by atoms with Gasteiger partial charge >= 0.3 is 11.9 Å². The summed E-state index contributed by atoms with van der Waals surface area (Å²) in [6.45, 7) is 0.0102. The highest BCUT2D eigenvalue weighted by molar-refractivity contribution is 6.31. The number of carboxylic acid groups (broad SMARTS) is 1. The van der Waals surface area contributed by atoms with Gasteiger partial charge in [0.15, 0.2) is 0 Å². The van der Waals surface area contributed by atoms with Gasteiger partial charge in [-0.2, -0.15) is 0 Å². The first-order chi connectivity index (χ1) is 8.02. The summed E-state index contributed by atoms with van der Waals surface area (Å²) in [5.74, 6) is -1.16. The predicted octanol–water partition coefficient (Wildman–Crippen LogP) is 1.98. The second-order valence-corrected chi connectivity index (χ2v) is 3.60. The fourth-order valence-electron chi connectivity index (χ4n) is 1.14. The molecule has 1 N–H and O–H groups in total. The van der Waals surface area contributed by atoms with Crippen molar-refractivity contribution in [2.45, 2.75) is 6.42 Å². The largest absolute Gasteiger partial charge is 0.493 e. The Morgan fingerprint density at radius 1 is 1.35 bits per heavy atom. The Morgan fingerprint density at radius 2 is 2.06 bits per heavy atom. The number of methoxy groups -OCH3 is 1. The van der Waals surface area contributed by atoms with E-state index >= 15 is 0 Å². The molecular weight excluding hydrogens is 248 g/mol. The number of rotatable bonds is 5. The summed E-state index contributed by atoms with van der Waals surface area (Å²) < 4.78 is 9.70. The number of ether oxygens (including phenoxy) is 2. The van der Waals surface area contributed by atoms with Gasteiger partial charge in [-0.1, -0.05) is 11.6 Å². The maximum Gasteiger partial charge on any atom is 0.338 e. The van der Waals surface area contributed by atoms with Crippen molar-refractivity contribution in [1.82, 2.24) is 0 Å². The van der Waals surface area contributed by atoms with Gasteiger partial charge in [0.25, 0.3) is 0 Å². The van der Waals surface area contributed by atoms with Crippen LogP contribution in [0.4, 0.5) is 0 Å². The van der Waals surface area contributed by atoms with Gasteiger partial charge in [0, 0.05) is 5.02 Å². The number of hydrogen-bond donors (Lipinski definition) is 1. The fraction of sp³-hybridized carbons (Fsp3) is 0.273. The molecule has 0 heterocycles. The Bertz CT molecular complexity index is 430. The molecule has 0 spiro atoms. The van der Waals surface area contributed by atoms with Crippen molar-refractivity contribution >= 4 is 23.5 Å². The first-order valence-corrected chi connectivity index (χ1v) is 5.14. The minimum Gasteiger partial charge on any atom is -0.493 e. The Labute approximate surface area is 103 Å². The van der Waals surface area contributed by atoms with E-state index in [0.717, 1.165) is 0 Å². The van der Waals surface area contributed by atoms with Gasteiger partial charge in [-0.15, -0.1) is 0 Å². The summed E-state index contributed by atoms with van der Waals surface area (Å²) in [4.78, 5) is 21.6. The van der Waals surface area contributed by atoms with Crippen molar-refractivity contribution in [3.8, 4) is 5.75 Å². The first kappa shape index (κ1) is 13.3. The summed E-state index contributed by atoms with van der Waals surface area (Å²) in [5, 5.41) is 8.76. The zero-order chi connectivity index (χ0) is 12.8. The van der Waals surface area contributed by atoms with Gasteiger partial charge in [-0.05, 0) is 18.2 Å². The van der Waals surface area contributed by atoms with Crippen LogP contribution in [0.1, 0.15) is 16.8 Å². The topological polar surface area (TPSA) is 72.8 Å². The van der Waals surface area contributed by atoms with Crippen molar-refractivity contribution in [2.75, 3.05) is 13.7 Å². The van der Waals surface area contributed by atoms with E-state index in [0.29, 0.717) is 10.8 Å². The highest BCUT2D eigenvalue weighted by atomic mass is 35.5. The average molecular weight is 259 g/mol. The molecule has 0 amide bonds. The number of esters is 1. The van der Waals surface area contributed by atoms with Crippen LogP contribution in [-0.2, 0) is 9.53 Å². The number of carbonyl (C=O) groups excluding carboxylic acids is 1. The molecule has 0 aliphatic rings. The molecule has 0 aromatic heterocycles. The van der Waals surface area contributed by atoms with E-state index in [1.165, 1.54) is 25.3 Å². The molecule has 92 valence electrons. The summed E-state index contributed by atoms with van der Waals surface area (Å²) in [6, 6.07) is 4.38. The molecule has 0 atom stereocenters. The highest BCUT2D eigenvalue weighted by Crippen LogP contribution is 2.21. The summed E-state index contributed by atoms with van der Waals surface area (Å²) >= 11 is 5.79. The Morgan fingerprint density at radius 3 is 2.65 bits per heavy atom. The lowest BCUT2D eigenvalue weighted by Gasteiger charge is -2.07. The average Bonchev–Trinajstić information content (AvgIpc) is 2.26. The summed E-state index contributed by atoms with van der Waals surface area (Å²) in [7, 11) is 1.26. The molecule has 0 unspecified atom stereocenters. The van der Waals surface area contributed by atoms with Crippen LogP contribution in [0.2, 0.25) is 5.02 Å². The maximum absolute atomic E-state index is 11.3. The SMILES string of the molecule is COC(=O)c1cc(Cl)cc(OCCC(=O)O)c1. The molecule has 1 aromatic carbocycles. The second kappa shape index (κ2) is 6.10. The number of carbonyl (C=O) groups is 2. The zero-order valence-electron chi connectivity index (χ0n) is 9.10. The third kappa shape index (κ3) is 4.32. The van der Waals surface area contributed by atoms with Crippen LogP contribution >= 0.6 is 11.6 Å². The van der Waals surface area contributed by atoms with Crippen molar-refractivity contribution in [3.05, 3.63) is 28.8 Å². The molecule has 0 aliphatic heterocycles. The summed E-state index contributed by atoms with van der Waals surface area (Å²) in [5.41, 5.74) is 0.255. The Kier molecular flexibility index (Phi) is 4.78. The molecule has 17 heavy (non-hydrogen) atoms. The van der Waals surface area contributed by atoms with E-state index < -0.39 is 11.9 Å². The van der Waals surface area contributed by atoms with Crippen LogP contribution in [0.15, 0.2) is 18.2 Å². The lowest BCUT2D eigenvalue weighted by atomic mass is 10.2. The van der Waals surface area contributed by atoms with Gasteiger partial charge in [-0.3, -0.25) is 4.79 Å². The molecular formula is C11H11ClO5. The first-order valence-electron chi connectivity index (χ1n) is 4.76. The van der Waals surface area contributed by atoms with Gasteiger partial charge in [0.1, 0.15) is 5.75 Å². The van der Waals surface area contributed by atoms with Crippen molar-refractivity contribution in [2.24, 2.45) is 0 Å². The van der Waals surface area contributed by atoms with E-state index in [9.17, 15) is 9.59 Å². The minimum absolute atomic E-state index is 0.0102. The van der Waals surface area contributed by atoms with E-state index in [2.05, 4.69) is 4.74 Å². The standard InChI is InChI=1S/C11H11ClO5/c1-16-11(15)7-4-8(12)6-9(5-7)17-3-2-10(13)14/h4-6H,2-3H2,1H3,(H,13,14). The van der Waals surface area contributed by atoms with Crippen LogP contribution in [0.5, 0.6) is 5.75 Å². The van der Waals surface area contributed by atoms with E-state index in [4.69, 9.17) is 21.4 Å². The molecule has 1 aromatic rings. The lowest BCUT2D eigenvalue weighted by molar-refractivity contribution is -0.137. The quantitative estimate of drug-likeness (QED) is 0.818. The van der Waals surface area contributed by atoms with Gasteiger partial charge in [0.05, 0.1) is 25.7 Å². The minimum atomic E-state index is -0.958. The van der Waals surface area contributed by atoms with Crippen LogP contribution in [-0.4, -0.2) is 30.8 Å². The van der Waals surface area contributed by atoms with E-state index in [-0.39, 0.29) is 18.6 Å². The normalized spacial score (nSPS) is 9.76.